The van der Waals surface area contributed by atoms with Gasteiger partial charge >= 0.3 is 6.03 Å². The van der Waals surface area contributed by atoms with Crippen LogP contribution in [0.2, 0.25) is 0 Å². The zero-order valence-corrected chi connectivity index (χ0v) is 27.5. The number of carbonyl (C=O) groups is 2. The Morgan fingerprint density at radius 3 is 2.48 bits per heavy atom. The van der Waals surface area contributed by atoms with Crippen LogP contribution in [0.15, 0.2) is 65.2 Å². The number of nitrogens with one attached hydrogen (secondary N) is 1. The standard InChI is InChI=1S/C38H37FN6O3/c1-5-24-16-25(29-11-10-26(19-31(29)39)38(13-14-38)36(40)46)18-27(17-24)41-37(47)45-15-12-32-30(20-45)34(28-9-7-6-8-21(28)2)43-35(42-32)33-22(3)44-48-23(33)4/h6-11,16-19H,5,12-15,20H2,1-4H3,(H2,40,46)(H,41,47). The number of urea groups is 1. The maximum absolute atomic E-state index is 15.5. The second-order valence-electron chi connectivity index (χ2n) is 12.9. The van der Waals surface area contributed by atoms with Crippen LogP contribution >= 0.6 is 0 Å². The lowest BCUT2D eigenvalue weighted by molar-refractivity contribution is -0.120. The van der Waals surface area contributed by atoms with Crippen LogP contribution in [0.25, 0.3) is 33.8 Å². The number of anilines is 1. The number of carbonyl (C=O) groups excluding carboxylic acids is 2. The number of primary amides is 1. The number of nitrogens with zero attached hydrogens (tertiary/aromatic N) is 4. The molecule has 244 valence electrons. The molecule has 1 aliphatic carbocycles. The summed E-state index contributed by atoms with van der Waals surface area (Å²) in [7, 11) is 0. The lowest BCUT2D eigenvalue weighted by Gasteiger charge is -2.30. The Hall–Kier alpha value is -5.38. The van der Waals surface area contributed by atoms with E-state index in [1.807, 2.05) is 64.1 Å². The lowest BCUT2D eigenvalue weighted by Crippen LogP contribution is -2.39. The molecule has 9 nitrogen and oxygen atoms in total. The van der Waals surface area contributed by atoms with Gasteiger partial charge in [0.25, 0.3) is 0 Å². The predicted octanol–water partition coefficient (Wildman–Crippen LogP) is 7.20. The van der Waals surface area contributed by atoms with Gasteiger partial charge in [0, 0.05) is 35.3 Å². The van der Waals surface area contributed by atoms with Crippen molar-refractivity contribution in [2.75, 3.05) is 11.9 Å². The van der Waals surface area contributed by atoms with Crippen molar-refractivity contribution in [1.82, 2.24) is 20.0 Å². The number of halogens is 1. The van der Waals surface area contributed by atoms with E-state index in [2.05, 4.69) is 10.5 Å². The third-order valence-electron chi connectivity index (χ3n) is 9.71. The van der Waals surface area contributed by atoms with E-state index in [1.54, 1.807) is 23.1 Å². The van der Waals surface area contributed by atoms with E-state index in [1.165, 1.54) is 6.07 Å². The monoisotopic (exact) mass is 644 g/mol. The molecule has 3 heterocycles. The number of fused-ring (bicyclic) bond motifs is 1. The molecule has 1 fully saturated rings. The molecule has 48 heavy (non-hydrogen) atoms. The number of aryl methyl sites for hydroxylation is 4. The van der Waals surface area contributed by atoms with Crippen LogP contribution in [0.5, 0.6) is 0 Å². The summed E-state index contributed by atoms with van der Waals surface area (Å²) in [5, 5.41) is 7.18. The molecule has 0 saturated heterocycles. The molecular weight excluding hydrogens is 607 g/mol. The number of benzene rings is 3. The van der Waals surface area contributed by atoms with E-state index in [4.69, 9.17) is 20.2 Å². The highest BCUT2D eigenvalue weighted by atomic mass is 19.1. The SMILES string of the molecule is CCc1cc(NC(=O)N2CCc3nc(-c4c(C)noc4C)nc(-c4ccccc4C)c3C2)cc(-c2ccc(C3(C(N)=O)CC3)cc2F)c1. The Kier molecular flexibility index (Phi) is 7.81. The first-order valence-electron chi connectivity index (χ1n) is 16.3. The van der Waals surface area contributed by atoms with Crippen molar-refractivity contribution in [1.29, 1.82) is 0 Å². The van der Waals surface area contributed by atoms with Crippen molar-refractivity contribution in [3.05, 3.63) is 106 Å². The highest BCUT2D eigenvalue weighted by Gasteiger charge is 2.50. The van der Waals surface area contributed by atoms with Gasteiger partial charge in [-0.2, -0.15) is 0 Å². The maximum atomic E-state index is 15.5. The van der Waals surface area contributed by atoms with Gasteiger partial charge in [0.05, 0.1) is 34.6 Å². The summed E-state index contributed by atoms with van der Waals surface area (Å²) in [4.78, 5) is 37.6. The van der Waals surface area contributed by atoms with Crippen molar-refractivity contribution < 1.29 is 18.5 Å². The molecule has 3 N–H and O–H groups in total. The van der Waals surface area contributed by atoms with E-state index >= 15 is 4.39 Å². The number of nitrogens with two attached hydrogens (primary N) is 1. The summed E-state index contributed by atoms with van der Waals surface area (Å²) in [6.07, 6.45) is 2.50. The molecule has 0 radical (unpaired) electrons. The molecule has 7 rings (SSSR count). The summed E-state index contributed by atoms with van der Waals surface area (Å²) in [6, 6.07) is 18.3. The van der Waals surface area contributed by atoms with Gasteiger partial charge in [-0.15, -0.1) is 0 Å². The average Bonchev–Trinajstić information content (AvgIpc) is 3.83. The van der Waals surface area contributed by atoms with Crippen LogP contribution < -0.4 is 11.1 Å². The quantitative estimate of drug-likeness (QED) is 0.193. The summed E-state index contributed by atoms with van der Waals surface area (Å²) >= 11 is 0. The van der Waals surface area contributed by atoms with Crippen LogP contribution in [0.4, 0.5) is 14.9 Å². The summed E-state index contributed by atoms with van der Waals surface area (Å²) in [5.41, 5.74) is 14.1. The van der Waals surface area contributed by atoms with Crippen LogP contribution in [-0.2, 0) is 29.6 Å². The minimum Gasteiger partial charge on any atom is -0.369 e. The molecule has 3 aromatic carbocycles. The van der Waals surface area contributed by atoms with E-state index in [-0.39, 0.29) is 6.03 Å². The zero-order chi connectivity index (χ0) is 33.7. The van der Waals surface area contributed by atoms with Gasteiger partial charge in [0.2, 0.25) is 5.91 Å². The molecule has 2 aliphatic rings. The largest absolute Gasteiger partial charge is 0.369 e. The van der Waals surface area contributed by atoms with Crippen molar-refractivity contribution in [3.63, 3.8) is 0 Å². The molecule has 2 aromatic heterocycles. The zero-order valence-electron chi connectivity index (χ0n) is 27.5. The molecule has 0 bridgehead atoms. The molecule has 1 aliphatic heterocycles. The maximum Gasteiger partial charge on any atom is 0.322 e. The van der Waals surface area contributed by atoms with Crippen LogP contribution in [-0.4, -0.2) is 38.5 Å². The van der Waals surface area contributed by atoms with Gasteiger partial charge in [0.1, 0.15) is 11.6 Å². The topological polar surface area (TPSA) is 127 Å². The van der Waals surface area contributed by atoms with Gasteiger partial charge in [-0.3, -0.25) is 4.79 Å². The number of amides is 3. The molecule has 0 unspecified atom stereocenters. The van der Waals surface area contributed by atoms with Crippen molar-refractivity contribution >= 4 is 17.6 Å². The Balaban J connectivity index is 1.19. The summed E-state index contributed by atoms with van der Waals surface area (Å²) in [6.45, 7) is 8.58. The molecule has 0 atom stereocenters. The normalized spacial score (nSPS) is 14.8. The predicted molar refractivity (Wildman–Crippen MR) is 182 cm³/mol. The van der Waals surface area contributed by atoms with E-state index in [0.29, 0.717) is 72.7 Å². The van der Waals surface area contributed by atoms with Crippen LogP contribution in [0.1, 0.15) is 59.2 Å². The molecule has 10 heteroatoms. The number of aromatic nitrogens is 3. The van der Waals surface area contributed by atoms with E-state index in [0.717, 1.165) is 44.9 Å². The molecule has 0 spiro atoms. The molecular formula is C38H37FN6O3. The molecule has 1 saturated carbocycles. The first-order valence-corrected chi connectivity index (χ1v) is 16.3. The van der Waals surface area contributed by atoms with Crippen LogP contribution in [0.3, 0.4) is 0 Å². The highest BCUT2D eigenvalue weighted by molar-refractivity contribution is 5.92. The molecule has 3 amide bonds. The first-order chi connectivity index (χ1) is 23.1. The Labute approximate surface area is 278 Å². The highest BCUT2D eigenvalue weighted by Crippen LogP contribution is 2.48. The second kappa shape index (κ2) is 12.0. The van der Waals surface area contributed by atoms with Crippen molar-refractivity contribution in [2.45, 2.75) is 65.3 Å². The minimum absolute atomic E-state index is 0.265. The first kappa shape index (κ1) is 31.2. The van der Waals surface area contributed by atoms with Gasteiger partial charge in [-0.25, -0.2) is 19.2 Å². The fourth-order valence-corrected chi connectivity index (χ4v) is 6.74. The van der Waals surface area contributed by atoms with Gasteiger partial charge < -0.3 is 20.5 Å². The van der Waals surface area contributed by atoms with Crippen LogP contribution in [0, 0.1) is 26.6 Å². The minimum atomic E-state index is -0.767. The third-order valence-corrected chi connectivity index (χ3v) is 9.71. The number of rotatable bonds is 7. The van der Waals surface area contributed by atoms with Gasteiger partial charge in [0.15, 0.2) is 5.82 Å². The van der Waals surface area contributed by atoms with E-state index in [9.17, 15) is 9.59 Å². The number of hydrogen-bond acceptors (Lipinski definition) is 6. The summed E-state index contributed by atoms with van der Waals surface area (Å²) in [5.74, 6) is 0.360. The summed E-state index contributed by atoms with van der Waals surface area (Å²) < 4.78 is 20.9. The van der Waals surface area contributed by atoms with Gasteiger partial charge in [-0.05, 0) is 80.5 Å². The molecule has 5 aromatic rings. The van der Waals surface area contributed by atoms with Crippen molar-refractivity contribution in [3.8, 4) is 33.8 Å². The second-order valence-corrected chi connectivity index (χ2v) is 12.9. The fourth-order valence-electron chi connectivity index (χ4n) is 6.74. The number of hydrogen-bond donors (Lipinski definition) is 2. The fraction of sp³-hybridized carbons (Fsp3) is 0.289. The average molecular weight is 645 g/mol. The van der Waals surface area contributed by atoms with Gasteiger partial charge in [-0.1, -0.05) is 54.5 Å². The Morgan fingerprint density at radius 1 is 1.02 bits per heavy atom. The Bertz CT molecular complexity index is 2080. The Morgan fingerprint density at radius 2 is 1.81 bits per heavy atom. The lowest BCUT2D eigenvalue weighted by atomic mass is 9.92. The third kappa shape index (κ3) is 5.51. The van der Waals surface area contributed by atoms with Crippen molar-refractivity contribution in [2.24, 2.45) is 5.73 Å². The smallest absolute Gasteiger partial charge is 0.322 e. The van der Waals surface area contributed by atoms with E-state index < -0.39 is 17.1 Å².